The molecule has 0 bridgehead atoms. The van der Waals surface area contributed by atoms with E-state index in [1.54, 1.807) is 23.8 Å². The second-order valence-corrected chi connectivity index (χ2v) is 6.81. The molecule has 4 aromatic rings. The highest BCUT2D eigenvalue weighted by molar-refractivity contribution is 5.72. The number of imidazole rings is 1. The second-order valence-electron chi connectivity index (χ2n) is 6.81. The maximum absolute atomic E-state index is 14.5. The van der Waals surface area contributed by atoms with Gasteiger partial charge in [0.1, 0.15) is 17.4 Å². The summed E-state index contributed by atoms with van der Waals surface area (Å²) in [5.41, 5.74) is -0.623. The Hall–Kier alpha value is -4.01. The Kier molecular flexibility index (Phi) is 5.24. The molecule has 9 heteroatoms. The van der Waals surface area contributed by atoms with Crippen LogP contribution in [0.2, 0.25) is 0 Å². The minimum atomic E-state index is -0.947. The van der Waals surface area contributed by atoms with Gasteiger partial charge in [0, 0.05) is 19.2 Å². The van der Waals surface area contributed by atoms with E-state index in [0.717, 1.165) is 26.8 Å². The number of hydrogen-bond donors (Lipinski definition) is 0. The van der Waals surface area contributed by atoms with Gasteiger partial charge in [-0.3, -0.25) is 9.36 Å². The number of hydrogen-bond acceptors (Lipinski definition) is 4. The number of allylic oxidation sites excluding steroid dienone is 1. The van der Waals surface area contributed by atoms with E-state index in [9.17, 15) is 18.4 Å². The van der Waals surface area contributed by atoms with Crippen molar-refractivity contribution in [3.8, 4) is 11.4 Å². The van der Waals surface area contributed by atoms with Crippen LogP contribution in [0.4, 0.5) is 8.78 Å². The quantitative estimate of drug-likeness (QED) is 0.447. The minimum Gasteiger partial charge on any atom is -0.497 e. The zero-order valence-electron chi connectivity index (χ0n) is 16.6. The first-order chi connectivity index (χ1) is 14.9. The van der Waals surface area contributed by atoms with Gasteiger partial charge in [0.05, 0.1) is 19.1 Å². The number of halogens is 2. The van der Waals surface area contributed by atoms with E-state index in [4.69, 9.17) is 4.74 Å². The largest absolute Gasteiger partial charge is 0.497 e. The molecular formula is C22H18F2N4O3. The summed E-state index contributed by atoms with van der Waals surface area (Å²) >= 11 is 0. The van der Waals surface area contributed by atoms with Crippen LogP contribution in [0, 0.1) is 11.6 Å². The molecule has 0 saturated heterocycles. The maximum Gasteiger partial charge on any atom is 0.337 e. The molecule has 0 aliphatic carbocycles. The van der Waals surface area contributed by atoms with E-state index in [2.05, 4.69) is 11.6 Å². The summed E-state index contributed by atoms with van der Waals surface area (Å²) in [5, 5.41) is 0. The average molecular weight is 424 g/mol. The molecule has 2 heterocycles. The van der Waals surface area contributed by atoms with Gasteiger partial charge in [-0.15, -0.1) is 6.58 Å². The van der Waals surface area contributed by atoms with Crippen molar-refractivity contribution in [2.45, 2.75) is 13.1 Å². The van der Waals surface area contributed by atoms with Gasteiger partial charge in [-0.25, -0.2) is 23.1 Å². The minimum absolute atomic E-state index is 0.0191. The zero-order valence-corrected chi connectivity index (χ0v) is 16.6. The van der Waals surface area contributed by atoms with Crippen molar-refractivity contribution < 1.29 is 13.5 Å². The fourth-order valence-electron chi connectivity index (χ4n) is 3.40. The monoisotopic (exact) mass is 424 g/mol. The van der Waals surface area contributed by atoms with E-state index >= 15 is 0 Å². The van der Waals surface area contributed by atoms with Crippen molar-refractivity contribution >= 4 is 11.2 Å². The van der Waals surface area contributed by atoms with Crippen LogP contribution in [0.1, 0.15) is 5.56 Å². The van der Waals surface area contributed by atoms with E-state index in [-0.39, 0.29) is 29.9 Å². The Morgan fingerprint density at radius 2 is 1.87 bits per heavy atom. The van der Waals surface area contributed by atoms with Crippen LogP contribution < -0.4 is 16.0 Å². The van der Waals surface area contributed by atoms with Crippen molar-refractivity contribution in [2.24, 2.45) is 0 Å². The van der Waals surface area contributed by atoms with Crippen molar-refractivity contribution in [3.63, 3.8) is 0 Å². The third-order valence-electron chi connectivity index (χ3n) is 4.87. The average Bonchev–Trinajstić information content (AvgIpc) is 3.16. The number of rotatable bonds is 6. The van der Waals surface area contributed by atoms with Crippen LogP contribution in [0.15, 0.2) is 71.0 Å². The predicted molar refractivity (Wildman–Crippen MR) is 112 cm³/mol. The molecule has 0 aliphatic rings. The summed E-state index contributed by atoms with van der Waals surface area (Å²) in [6, 6.07) is 10.1. The third-order valence-corrected chi connectivity index (χ3v) is 4.87. The molecule has 0 saturated carbocycles. The van der Waals surface area contributed by atoms with Crippen molar-refractivity contribution in [3.05, 3.63) is 99.5 Å². The Morgan fingerprint density at radius 1 is 1.13 bits per heavy atom. The Balaban J connectivity index is 1.97. The van der Waals surface area contributed by atoms with Crippen LogP contribution >= 0.6 is 0 Å². The predicted octanol–water partition coefficient (Wildman–Crippen LogP) is 2.87. The number of nitrogens with zero attached hydrogens (tertiary/aromatic N) is 4. The highest BCUT2D eigenvalue weighted by Gasteiger charge is 2.21. The number of fused-ring (bicyclic) bond motifs is 1. The first kappa shape index (κ1) is 20.3. The topological polar surface area (TPSA) is 71.0 Å². The van der Waals surface area contributed by atoms with Gasteiger partial charge in [0.15, 0.2) is 11.2 Å². The van der Waals surface area contributed by atoms with E-state index < -0.39 is 22.9 Å². The van der Waals surface area contributed by atoms with Gasteiger partial charge in [-0.05, 0) is 29.8 Å². The molecule has 0 unspecified atom stereocenters. The SMILES string of the molecule is C=CCn1c(=O)c2c(ncn2Cc2ccc(OC)cc2)n(-c2ccc(F)cc2F)c1=O. The Morgan fingerprint density at radius 3 is 2.52 bits per heavy atom. The first-order valence-corrected chi connectivity index (χ1v) is 9.34. The fourth-order valence-corrected chi connectivity index (χ4v) is 3.40. The summed E-state index contributed by atoms with van der Waals surface area (Å²) < 4.78 is 36.6. The normalized spacial score (nSPS) is 11.1. The van der Waals surface area contributed by atoms with Gasteiger partial charge in [0.25, 0.3) is 5.56 Å². The lowest BCUT2D eigenvalue weighted by molar-refractivity contribution is 0.414. The second kappa shape index (κ2) is 8.02. The Bertz CT molecular complexity index is 1400. The smallest absolute Gasteiger partial charge is 0.337 e. The van der Waals surface area contributed by atoms with E-state index in [1.807, 2.05) is 12.1 Å². The molecule has 2 aromatic carbocycles. The lowest BCUT2D eigenvalue weighted by Crippen LogP contribution is -2.40. The maximum atomic E-state index is 14.5. The summed E-state index contributed by atoms with van der Waals surface area (Å²) in [5.74, 6) is -1.04. The van der Waals surface area contributed by atoms with Crippen LogP contribution in [-0.2, 0) is 13.1 Å². The molecule has 0 fully saturated rings. The Labute approximate surface area is 175 Å². The van der Waals surface area contributed by atoms with Crippen LogP contribution in [0.25, 0.3) is 16.9 Å². The van der Waals surface area contributed by atoms with Gasteiger partial charge in [-0.1, -0.05) is 18.2 Å². The number of methoxy groups -OCH3 is 1. The summed E-state index contributed by atoms with van der Waals surface area (Å²) in [7, 11) is 1.56. The molecule has 4 rings (SSSR count). The zero-order chi connectivity index (χ0) is 22.1. The van der Waals surface area contributed by atoms with Gasteiger partial charge < -0.3 is 9.30 Å². The fraction of sp³-hybridized carbons (Fsp3) is 0.136. The van der Waals surface area contributed by atoms with Crippen molar-refractivity contribution in [1.29, 1.82) is 0 Å². The van der Waals surface area contributed by atoms with Gasteiger partial charge in [-0.2, -0.15) is 0 Å². The molecule has 0 radical (unpaired) electrons. The highest BCUT2D eigenvalue weighted by Crippen LogP contribution is 2.19. The molecular weight excluding hydrogens is 406 g/mol. The molecule has 2 aromatic heterocycles. The molecule has 0 amide bonds. The van der Waals surface area contributed by atoms with Crippen LogP contribution in [-0.4, -0.2) is 25.8 Å². The lowest BCUT2D eigenvalue weighted by atomic mass is 10.2. The lowest BCUT2D eigenvalue weighted by Gasteiger charge is -2.12. The first-order valence-electron chi connectivity index (χ1n) is 9.34. The van der Waals surface area contributed by atoms with E-state index in [0.29, 0.717) is 11.8 Å². The van der Waals surface area contributed by atoms with E-state index in [1.165, 1.54) is 12.4 Å². The van der Waals surface area contributed by atoms with Crippen molar-refractivity contribution in [2.75, 3.05) is 7.11 Å². The molecule has 0 spiro atoms. The molecule has 0 N–H and O–H groups in total. The van der Waals surface area contributed by atoms with Crippen LogP contribution in [0.3, 0.4) is 0 Å². The molecule has 0 atom stereocenters. The van der Waals surface area contributed by atoms with Gasteiger partial charge in [0.2, 0.25) is 0 Å². The van der Waals surface area contributed by atoms with Crippen molar-refractivity contribution in [1.82, 2.24) is 18.7 Å². The summed E-state index contributed by atoms with van der Waals surface area (Å²) in [4.78, 5) is 30.3. The molecule has 0 aliphatic heterocycles. The van der Waals surface area contributed by atoms with Crippen LogP contribution in [0.5, 0.6) is 5.75 Å². The third kappa shape index (κ3) is 3.54. The number of benzene rings is 2. The summed E-state index contributed by atoms with van der Waals surface area (Å²) in [6.07, 6.45) is 2.80. The molecule has 158 valence electrons. The standard InChI is InChI=1S/C22H18F2N4O3/c1-3-10-27-21(29)19-20(28(22(27)30)18-9-6-15(23)11-17(18)24)25-13-26(19)12-14-4-7-16(31-2)8-5-14/h3-9,11,13H,1,10,12H2,2H3. The molecule has 31 heavy (non-hydrogen) atoms. The highest BCUT2D eigenvalue weighted by atomic mass is 19.1. The summed E-state index contributed by atoms with van der Waals surface area (Å²) in [6.45, 7) is 3.78. The number of ether oxygens (including phenoxy) is 1. The van der Waals surface area contributed by atoms with Gasteiger partial charge >= 0.3 is 5.69 Å². The number of aromatic nitrogens is 4. The molecule has 7 nitrogen and oxygen atoms in total.